The lowest BCUT2D eigenvalue weighted by Crippen LogP contribution is -2.48. The Hall–Kier alpha value is -0.870. The third kappa shape index (κ3) is 1.47. The molecule has 0 saturated carbocycles. The Labute approximate surface area is 78.7 Å². The molecule has 1 atom stereocenters. The molecule has 1 aliphatic rings. The van der Waals surface area contributed by atoms with Gasteiger partial charge in [-0.3, -0.25) is 0 Å². The molecule has 0 bridgehead atoms. The van der Waals surface area contributed by atoms with Crippen molar-refractivity contribution < 1.29 is 0 Å². The second-order valence-corrected chi connectivity index (χ2v) is 3.83. The van der Waals surface area contributed by atoms with Crippen LogP contribution in [0.3, 0.4) is 0 Å². The van der Waals surface area contributed by atoms with Gasteiger partial charge < -0.3 is 4.57 Å². The molecule has 13 heavy (non-hydrogen) atoms. The number of hydrogen-bond donors (Lipinski definition) is 0. The van der Waals surface area contributed by atoms with Crippen LogP contribution in [0.4, 0.5) is 0 Å². The molecule has 0 saturated heterocycles. The van der Waals surface area contributed by atoms with E-state index in [9.17, 15) is 0 Å². The van der Waals surface area contributed by atoms with Gasteiger partial charge in [-0.05, 0) is 6.92 Å². The number of aromatic nitrogens is 2. The zero-order valence-corrected chi connectivity index (χ0v) is 8.44. The van der Waals surface area contributed by atoms with Gasteiger partial charge in [-0.2, -0.15) is 0 Å². The highest BCUT2D eigenvalue weighted by molar-refractivity contribution is 5.01. The van der Waals surface area contributed by atoms with E-state index in [1.807, 2.05) is 12.5 Å². The fourth-order valence-electron chi connectivity index (χ4n) is 1.88. The van der Waals surface area contributed by atoms with Crippen LogP contribution in [0, 0.1) is 0 Å². The first-order valence-electron chi connectivity index (χ1n) is 4.61. The molecule has 0 aromatic carbocycles. The molecular formula is C9H16N4. The highest BCUT2D eigenvalue weighted by atomic mass is 15.6. The Bertz CT molecular complexity index is 292. The van der Waals surface area contributed by atoms with E-state index in [0.717, 1.165) is 13.1 Å². The van der Waals surface area contributed by atoms with Crippen molar-refractivity contribution in [2.75, 3.05) is 14.1 Å². The van der Waals surface area contributed by atoms with Gasteiger partial charge in [0, 0.05) is 32.9 Å². The first-order valence-corrected chi connectivity index (χ1v) is 4.61. The number of fused-ring (bicyclic) bond motifs is 1. The van der Waals surface area contributed by atoms with E-state index in [4.69, 9.17) is 0 Å². The van der Waals surface area contributed by atoms with Crippen LogP contribution in [-0.4, -0.2) is 39.7 Å². The number of nitrogens with zero attached hydrogens (tertiary/aromatic N) is 4. The lowest BCUT2D eigenvalue weighted by atomic mass is 10.2. The Balaban J connectivity index is 2.22. The lowest BCUT2D eigenvalue weighted by molar-refractivity contribution is -0.0406. The van der Waals surface area contributed by atoms with Crippen LogP contribution in [0.15, 0.2) is 12.5 Å². The maximum atomic E-state index is 4.15. The second-order valence-electron chi connectivity index (χ2n) is 3.83. The van der Waals surface area contributed by atoms with E-state index in [2.05, 4.69) is 40.6 Å². The van der Waals surface area contributed by atoms with E-state index in [-0.39, 0.29) is 0 Å². The molecule has 0 radical (unpaired) electrons. The molecule has 2 heterocycles. The summed E-state index contributed by atoms with van der Waals surface area (Å²) in [5, 5.41) is 4.50. The van der Waals surface area contributed by atoms with Crippen molar-refractivity contribution in [2.45, 2.75) is 26.1 Å². The van der Waals surface area contributed by atoms with Crippen molar-refractivity contribution in [1.29, 1.82) is 0 Å². The number of rotatable bonds is 1. The molecule has 0 spiro atoms. The van der Waals surface area contributed by atoms with Crippen molar-refractivity contribution in [3.05, 3.63) is 18.2 Å². The molecule has 0 aliphatic carbocycles. The van der Waals surface area contributed by atoms with Crippen molar-refractivity contribution >= 4 is 0 Å². The molecule has 4 nitrogen and oxygen atoms in total. The number of imidazole rings is 1. The monoisotopic (exact) mass is 180 g/mol. The summed E-state index contributed by atoms with van der Waals surface area (Å²) in [6.07, 6.45) is 3.86. The first kappa shape index (κ1) is 8.72. The summed E-state index contributed by atoms with van der Waals surface area (Å²) in [5.74, 6) is 0. The van der Waals surface area contributed by atoms with Crippen LogP contribution < -0.4 is 0 Å². The van der Waals surface area contributed by atoms with Crippen LogP contribution in [0.1, 0.15) is 12.6 Å². The highest BCUT2D eigenvalue weighted by Crippen LogP contribution is 2.16. The summed E-state index contributed by atoms with van der Waals surface area (Å²) in [5.41, 5.74) is 1.30. The van der Waals surface area contributed by atoms with Crippen LogP contribution in [0.2, 0.25) is 0 Å². The molecule has 4 heteroatoms. The predicted octanol–water partition coefficient (Wildman–Crippen LogP) is 0.564. The van der Waals surface area contributed by atoms with Gasteiger partial charge in [0.1, 0.15) is 0 Å². The minimum absolute atomic E-state index is 0.552. The average molecular weight is 180 g/mol. The van der Waals surface area contributed by atoms with E-state index in [1.54, 1.807) is 0 Å². The van der Waals surface area contributed by atoms with E-state index < -0.39 is 0 Å². The van der Waals surface area contributed by atoms with Gasteiger partial charge >= 0.3 is 0 Å². The first-order chi connectivity index (χ1) is 6.18. The highest BCUT2D eigenvalue weighted by Gasteiger charge is 2.23. The normalized spacial score (nSPS) is 23.5. The largest absolute Gasteiger partial charge is 0.332 e. The lowest BCUT2D eigenvalue weighted by Gasteiger charge is -2.38. The van der Waals surface area contributed by atoms with Crippen molar-refractivity contribution in [3.8, 4) is 0 Å². The van der Waals surface area contributed by atoms with Gasteiger partial charge in [-0.25, -0.2) is 15.0 Å². The van der Waals surface area contributed by atoms with Crippen molar-refractivity contribution in [3.63, 3.8) is 0 Å². The maximum absolute atomic E-state index is 4.15. The molecule has 2 rings (SSSR count). The Morgan fingerprint density at radius 3 is 3.00 bits per heavy atom. The fourth-order valence-corrected chi connectivity index (χ4v) is 1.88. The summed E-state index contributed by atoms with van der Waals surface area (Å²) in [7, 11) is 4.17. The molecule has 0 amide bonds. The van der Waals surface area contributed by atoms with Crippen LogP contribution in [0.5, 0.6) is 0 Å². The minimum atomic E-state index is 0.552. The van der Waals surface area contributed by atoms with Crippen LogP contribution in [-0.2, 0) is 13.1 Å². The summed E-state index contributed by atoms with van der Waals surface area (Å²) in [6, 6.07) is 0.552. The second kappa shape index (κ2) is 3.12. The molecular weight excluding hydrogens is 164 g/mol. The average Bonchev–Trinajstić information content (AvgIpc) is 2.48. The Morgan fingerprint density at radius 2 is 2.31 bits per heavy atom. The fraction of sp³-hybridized carbons (Fsp3) is 0.667. The number of hydrogen-bond acceptors (Lipinski definition) is 3. The quantitative estimate of drug-likeness (QED) is 0.631. The molecule has 1 unspecified atom stereocenters. The summed E-state index contributed by atoms with van der Waals surface area (Å²) >= 11 is 0. The van der Waals surface area contributed by atoms with E-state index in [1.165, 1.54) is 5.69 Å². The minimum Gasteiger partial charge on any atom is -0.332 e. The summed E-state index contributed by atoms with van der Waals surface area (Å²) < 4.78 is 2.23. The predicted molar refractivity (Wildman–Crippen MR) is 50.9 cm³/mol. The Morgan fingerprint density at radius 1 is 1.54 bits per heavy atom. The zero-order chi connectivity index (χ0) is 9.42. The molecule has 0 fully saturated rings. The van der Waals surface area contributed by atoms with Gasteiger partial charge in [0.15, 0.2) is 0 Å². The van der Waals surface area contributed by atoms with Crippen LogP contribution in [0.25, 0.3) is 0 Å². The standard InChI is InChI=1S/C9H16N4/c1-8-5-12-7-10-4-9(12)6-13(8)11(2)3/h4,7-8H,5-6H2,1-3H3. The van der Waals surface area contributed by atoms with Gasteiger partial charge in [-0.1, -0.05) is 0 Å². The van der Waals surface area contributed by atoms with Crippen molar-refractivity contribution in [2.24, 2.45) is 0 Å². The number of hydrazine groups is 1. The molecule has 1 aliphatic heterocycles. The van der Waals surface area contributed by atoms with Crippen LogP contribution >= 0.6 is 0 Å². The zero-order valence-electron chi connectivity index (χ0n) is 8.44. The molecule has 72 valence electrons. The third-order valence-corrected chi connectivity index (χ3v) is 2.61. The van der Waals surface area contributed by atoms with E-state index >= 15 is 0 Å². The van der Waals surface area contributed by atoms with Gasteiger partial charge in [0.2, 0.25) is 0 Å². The van der Waals surface area contributed by atoms with Crippen molar-refractivity contribution in [1.82, 2.24) is 19.6 Å². The topological polar surface area (TPSA) is 24.3 Å². The van der Waals surface area contributed by atoms with E-state index in [0.29, 0.717) is 6.04 Å². The van der Waals surface area contributed by atoms with Gasteiger partial charge in [0.25, 0.3) is 0 Å². The smallest absolute Gasteiger partial charge is 0.0949 e. The molecule has 1 aromatic heterocycles. The molecule has 0 N–H and O–H groups in total. The van der Waals surface area contributed by atoms with Gasteiger partial charge in [-0.15, -0.1) is 0 Å². The van der Waals surface area contributed by atoms with Gasteiger partial charge in [0.05, 0.1) is 18.6 Å². The molecule has 1 aromatic rings. The Kier molecular flexibility index (Phi) is 2.09. The SMILES string of the molecule is CC1Cn2cncc2CN1N(C)C. The third-order valence-electron chi connectivity index (χ3n) is 2.61. The summed E-state index contributed by atoms with van der Waals surface area (Å²) in [4.78, 5) is 4.15. The maximum Gasteiger partial charge on any atom is 0.0949 e. The summed E-state index contributed by atoms with van der Waals surface area (Å²) in [6.45, 7) is 4.24.